The van der Waals surface area contributed by atoms with Crippen molar-refractivity contribution in [1.29, 1.82) is 0 Å². The van der Waals surface area contributed by atoms with E-state index in [4.69, 9.17) is 4.12 Å². The summed E-state index contributed by atoms with van der Waals surface area (Å²) in [4.78, 5) is 0. The highest BCUT2D eigenvalue weighted by Gasteiger charge is 2.36. The molecule has 0 aliphatic carbocycles. The molecular weight excluding hydrogens is 264 g/mol. The normalized spacial score (nSPS) is 11.5. The molecule has 1 nitrogen and oxygen atoms in total. The van der Waals surface area contributed by atoms with Gasteiger partial charge in [0, 0.05) is 0 Å². The highest BCUT2D eigenvalue weighted by Crippen LogP contribution is 2.10. The molecule has 0 radical (unpaired) electrons. The van der Waals surface area contributed by atoms with Crippen molar-refractivity contribution in [3.05, 3.63) is 72.9 Å². The second-order valence-electron chi connectivity index (χ2n) is 4.84. The van der Waals surface area contributed by atoms with Gasteiger partial charge >= 0.3 is 0 Å². The van der Waals surface area contributed by atoms with Crippen LogP contribution in [0, 0.1) is 0 Å². The predicted molar refractivity (Wildman–Crippen MR) is 88.1 cm³/mol. The van der Waals surface area contributed by atoms with Crippen LogP contribution in [0.15, 0.2) is 72.9 Å². The summed E-state index contributed by atoms with van der Waals surface area (Å²) >= 11 is 0. The maximum absolute atomic E-state index is 6.52. The molecule has 0 aromatic heterocycles. The Bertz CT molecular complexity index is 483. The van der Waals surface area contributed by atoms with Crippen LogP contribution in [0.2, 0.25) is 13.1 Å². The third-order valence-electron chi connectivity index (χ3n) is 3.11. The van der Waals surface area contributed by atoms with Gasteiger partial charge in [0.2, 0.25) is 0 Å². The first-order valence-electron chi connectivity index (χ1n) is 6.61. The minimum absolute atomic E-state index is 1.16. The topological polar surface area (TPSA) is 9.23 Å². The van der Waals surface area contributed by atoms with Crippen LogP contribution in [0.3, 0.4) is 0 Å². The van der Waals surface area contributed by atoms with Gasteiger partial charge in [-0.15, -0.1) is 6.58 Å². The SMILES string of the molecule is C=C[Si](O[SiH](C)C)(c1ccccc1)c1ccccc1. The van der Waals surface area contributed by atoms with Gasteiger partial charge in [-0.05, 0) is 23.5 Å². The van der Waals surface area contributed by atoms with E-state index in [1.807, 2.05) is 12.1 Å². The maximum atomic E-state index is 6.52. The number of rotatable bonds is 5. The lowest BCUT2D eigenvalue weighted by Crippen LogP contribution is -2.61. The summed E-state index contributed by atoms with van der Waals surface area (Å²) in [6.45, 7) is 8.54. The van der Waals surface area contributed by atoms with Crippen molar-refractivity contribution >= 4 is 27.7 Å². The van der Waals surface area contributed by atoms with Crippen LogP contribution in [0.4, 0.5) is 0 Å². The van der Waals surface area contributed by atoms with E-state index < -0.39 is 17.4 Å². The number of hydrogen-bond acceptors (Lipinski definition) is 1. The first-order chi connectivity index (χ1) is 9.19. The third kappa shape index (κ3) is 2.94. The Kier molecular flexibility index (Phi) is 4.53. The van der Waals surface area contributed by atoms with Gasteiger partial charge < -0.3 is 4.12 Å². The van der Waals surface area contributed by atoms with Gasteiger partial charge in [0.05, 0.1) is 0 Å². The van der Waals surface area contributed by atoms with Crippen LogP contribution in [-0.2, 0) is 4.12 Å². The maximum Gasteiger partial charge on any atom is 0.270 e. The van der Waals surface area contributed by atoms with Crippen LogP contribution in [-0.4, -0.2) is 17.4 Å². The number of hydrogen-bond donors (Lipinski definition) is 0. The van der Waals surface area contributed by atoms with Gasteiger partial charge in [-0.25, -0.2) is 0 Å². The summed E-state index contributed by atoms with van der Waals surface area (Å²) in [5, 5.41) is 2.55. The molecule has 0 heterocycles. The molecule has 0 amide bonds. The summed E-state index contributed by atoms with van der Waals surface area (Å²) in [6, 6.07) is 21.1. The van der Waals surface area contributed by atoms with Gasteiger partial charge in [-0.3, -0.25) is 0 Å². The van der Waals surface area contributed by atoms with Gasteiger partial charge in [-0.2, -0.15) is 0 Å². The van der Waals surface area contributed by atoms with E-state index in [0.717, 1.165) is 0 Å². The molecular formula is C16H20OSi2. The largest absolute Gasteiger partial charge is 0.449 e. The first-order valence-corrected chi connectivity index (χ1v) is 11.4. The molecule has 0 aliphatic heterocycles. The quantitative estimate of drug-likeness (QED) is 0.767. The minimum Gasteiger partial charge on any atom is -0.449 e. The van der Waals surface area contributed by atoms with Crippen LogP contribution >= 0.6 is 0 Å². The lowest BCUT2D eigenvalue weighted by atomic mass is 10.4. The molecule has 3 heteroatoms. The zero-order valence-electron chi connectivity index (χ0n) is 11.5. The van der Waals surface area contributed by atoms with Crippen molar-refractivity contribution in [2.75, 3.05) is 0 Å². The minimum atomic E-state index is -2.26. The van der Waals surface area contributed by atoms with Crippen LogP contribution in [0.1, 0.15) is 0 Å². The average Bonchev–Trinajstić information content (AvgIpc) is 2.46. The molecule has 0 fully saturated rings. The lowest BCUT2D eigenvalue weighted by Gasteiger charge is -2.31. The highest BCUT2D eigenvalue weighted by atomic mass is 28.4. The average molecular weight is 285 g/mol. The Labute approximate surface area is 118 Å². The monoisotopic (exact) mass is 284 g/mol. The molecule has 0 N–H and O–H groups in total. The molecule has 2 aromatic rings. The molecule has 0 saturated heterocycles. The molecule has 0 unspecified atom stereocenters. The second-order valence-corrected chi connectivity index (χ2v) is 10.9. The molecule has 2 rings (SSSR count). The van der Waals surface area contributed by atoms with Crippen LogP contribution in [0.5, 0.6) is 0 Å². The second kappa shape index (κ2) is 6.15. The smallest absolute Gasteiger partial charge is 0.270 e. The standard InChI is InChI=1S/C16H20OSi2/c1-4-19(17-18(2)3,15-11-7-5-8-12-15)16-13-9-6-10-14-16/h4-14,18H,1H2,2-3H3. The molecule has 0 aliphatic rings. The van der Waals surface area contributed by atoms with E-state index in [9.17, 15) is 0 Å². The lowest BCUT2D eigenvalue weighted by molar-refractivity contribution is 0.603. The summed E-state index contributed by atoms with van der Waals surface area (Å²) in [5.74, 6) is 0. The molecule has 0 atom stereocenters. The van der Waals surface area contributed by atoms with Crippen molar-refractivity contribution in [3.8, 4) is 0 Å². The van der Waals surface area contributed by atoms with Gasteiger partial charge in [-0.1, -0.05) is 66.4 Å². The molecule has 0 spiro atoms. The summed E-state index contributed by atoms with van der Waals surface area (Å²) in [6.07, 6.45) is 0. The fraction of sp³-hybridized carbons (Fsp3) is 0.125. The Balaban J connectivity index is 2.58. The van der Waals surface area contributed by atoms with Crippen molar-refractivity contribution in [2.24, 2.45) is 0 Å². The van der Waals surface area contributed by atoms with E-state index in [0.29, 0.717) is 0 Å². The zero-order valence-corrected chi connectivity index (χ0v) is 13.7. The highest BCUT2D eigenvalue weighted by molar-refractivity contribution is 7.03. The Morgan fingerprint density at radius 1 is 0.895 bits per heavy atom. The van der Waals surface area contributed by atoms with Crippen molar-refractivity contribution < 1.29 is 4.12 Å². The Morgan fingerprint density at radius 2 is 1.32 bits per heavy atom. The summed E-state index contributed by atoms with van der Waals surface area (Å²) in [7, 11) is -3.42. The van der Waals surface area contributed by atoms with Crippen LogP contribution < -0.4 is 10.4 Å². The molecule has 19 heavy (non-hydrogen) atoms. The fourth-order valence-electron chi connectivity index (χ4n) is 2.33. The van der Waals surface area contributed by atoms with E-state index in [1.165, 1.54) is 10.4 Å². The summed E-state index contributed by atoms with van der Waals surface area (Å²) in [5.41, 5.74) is 2.06. The van der Waals surface area contributed by atoms with Gasteiger partial charge in [0.1, 0.15) is 0 Å². The first kappa shape index (κ1) is 14.0. The van der Waals surface area contributed by atoms with Crippen LogP contribution in [0.25, 0.3) is 0 Å². The Hall–Kier alpha value is -1.43. The number of benzene rings is 2. The van der Waals surface area contributed by atoms with Gasteiger partial charge in [0.15, 0.2) is 9.04 Å². The van der Waals surface area contributed by atoms with E-state index in [-0.39, 0.29) is 0 Å². The Morgan fingerprint density at radius 3 is 1.63 bits per heavy atom. The van der Waals surface area contributed by atoms with E-state index >= 15 is 0 Å². The zero-order chi connectivity index (χ0) is 13.7. The summed E-state index contributed by atoms with van der Waals surface area (Å²) < 4.78 is 6.52. The third-order valence-corrected chi connectivity index (χ3v) is 9.44. The van der Waals surface area contributed by atoms with Crippen molar-refractivity contribution in [1.82, 2.24) is 0 Å². The molecule has 0 saturated carbocycles. The predicted octanol–water partition coefficient (Wildman–Crippen LogP) is 2.47. The van der Waals surface area contributed by atoms with Gasteiger partial charge in [0.25, 0.3) is 8.32 Å². The molecule has 98 valence electrons. The van der Waals surface area contributed by atoms with Crippen molar-refractivity contribution in [3.63, 3.8) is 0 Å². The fourth-order valence-corrected chi connectivity index (χ4v) is 8.96. The van der Waals surface area contributed by atoms with Crippen molar-refractivity contribution in [2.45, 2.75) is 13.1 Å². The molecule has 0 bridgehead atoms. The molecule has 2 aromatic carbocycles. The van der Waals surface area contributed by atoms with E-state index in [1.54, 1.807) is 0 Å². The van der Waals surface area contributed by atoms with E-state index in [2.05, 4.69) is 73.9 Å².